The molecular formula is C20H30N2O2. The van der Waals surface area contributed by atoms with Crippen molar-refractivity contribution < 1.29 is 9.59 Å². The van der Waals surface area contributed by atoms with Crippen LogP contribution in [0.25, 0.3) is 0 Å². The van der Waals surface area contributed by atoms with Crippen LogP contribution in [0.1, 0.15) is 52.0 Å². The summed E-state index contributed by atoms with van der Waals surface area (Å²) >= 11 is 0. The zero-order valence-corrected chi connectivity index (χ0v) is 15.2. The highest BCUT2D eigenvalue weighted by molar-refractivity contribution is 5.89. The molecule has 1 heterocycles. The van der Waals surface area contributed by atoms with Gasteiger partial charge in [0.15, 0.2) is 0 Å². The van der Waals surface area contributed by atoms with E-state index in [-0.39, 0.29) is 23.8 Å². The van der Waals surface area contributed by atoms with Gasteiger partial charge < -0.3 is 9.80 Å². The van der Waals surface area contributed by atoms with Gasteiger partial charge >= 0.3 is 0 Å². The monoisotopic (exact) mass is 330 g/mol. The first kappa shape index (κ1) is 18.5. The molecule has 4 heteroatoms. The Bertz CT molecular complexity index is 540. The van der Waals surface area contributed by atoms with E-state index in [1.165, 1.54) is 0 Å². The third-order valence-electron chi connectivity index (χ3n) is 4.91. The predicted octanol–water partition coefficient (Wildman–Crippen LogP) is 3.46. The Morgan fingerprint density at radius 2 is 1.88 bits per heavy atom. The number of hydrogen-bond donors (Lipinski definition) is 0. The molecule has 4 nitrogen and oxygen atoms in total. The van der Waals surface area contributed by atoms with Gasteiger partial charge in [0.2, 0.25) is 11.8 Å². The molecule has 2 amide bonds. The average Bonchev–Trinajstić information content (AvgIpc) is 2.98. The van der Waals surface area contributed by atoms with Crippen LogP contribution in [-0.2, 0) is 16.1 Å². The van der Waals surface area contributed by atoms with Crippen molar-refractivity contribution in [2.75, 3.05) is 13.1 Å². The molecule has 1 aliphatic heterocycles. The summed E-state index contributed by atoms with van der Waals surface area (Å²) in [4.78, 5) is 29.2. The van der Waals surface area contributed by atoms with Gasteiger partial charge in [-0.1, -0.05) is 51.1 Å². The summed E-state index contributed by atoms with van der Waals surface area (Å²) in [6.45, 7) is 8.25. The second-order valence-corrected chi connectivity index (χ2v) is 6.66. The molecule has 1 unspecified atom stereocenters. The van der Waals surface area contributed by atoms with Gasteiger partial charge in [-0.05, 0) is 24.8 Å². The molecule has 2 rings (SSSR count). The molecule has 0 N–H and O–H groups in total. The quantitative estimate of drug-likeness (QED) is 0.732. The summed E-state index contributed by atoms with van der Waals surface area (Å²) in [5.74, 6) is 0.0779. The Morgan fingerprint density at radius 3 is 2.46 bits per heavy atom. The Labute approximate surface area is 145 Å². The minimum Gasteiger partial charge on any atom is -0.339 e. The lowest BCUT2D eigenvalue weighted by Gasteiger charge is -2.28. The van der Waals surface area contributed by atoms with Crippen molar-refractivity contribution in [2.45, 2.75) is 59.0 Å². The zero-order chi connectivity index (χ0) is 17.5. The minimum atomic E-state index is -0.187. The second kappa shape index (κ2) is 8.86. The van der Waals surface area contributed by atoms with Crippen LogP contribution in [0.15, 0.2) is 30.3 Å². The van der Waals surface area contributed by atoms with Crippen LogP contribution in [0.5, 0.6) is 0 Å². The van der Waals surface area contributed by atoms with E-state index in [2.05, 4.69) is 20.8 Å². The lowest BCUT2D eigenvalue weighted by atomic mass is 10.1. The van der Waals surface area contributed by atoms with Crippen LogP contribution in [0.3, 0.4) is 0 Å². The molecule has 1 fully saturated rings. The first-order valence-electron chi connectivity index (χ1n) is 9.22. The summed E-state index contributed by atoms with van der Waals surface area (Å²) in [6.07, 6.45) is 3.19. The van der Waals surface area contributed by atoms with Gasteiger partial charge in [-0.2, -0.15) is 0 Å². The Kier molecular flexibility index (Phi) is 6.83. The molecule has 1 aliphatic rings. The highest BCUT2D eigenvalue weighted by Crippen LogP contribution is 2.25. The van der Waals surface area contributed by atoms with E-state index < -0.39 is 0 Å². The number of benzene rings is 1. The van der Waals surface area contributed by atoms with Crippen molar-refractivity contribution in [1.82, 2.24) is 9.80 Å². The van der Waals surface area contributed by atoms with Gasteiger partial charge in [0, 0.05) is 32.1 Å². The third-order valence-corrected chi connectivity index (χ3v) is 4.91. The predicted molar refractivity (Wildman–Crippen MR) is 96.3 cm³/mol. The zero-order valence-electron chi connectivity index (χ0n) is 15.2. The number of nitrogens with zero attached hydrogens (tertiary/aromatic N) is 2. The van der Waals surface area contributed by atoms with Crippen LogP contribution < -0.4 is 0 Å². The first-order valence-corrected chi connectivity index (χ1v) is 9.22. The molecule has 0 saturated carbocycles. The minimum absolute atomic E-state index is 0.127. The van der Waals surface area contributed by atoms with Crippen LogP contribution in [0.4, 0.5) is 0 Å². The van der Waals surface area contributed by atoms with Gasteiger partial charge in [0.05, 0.1) is 5.92 Å². The molecule has 0 radical (unpaired) electrons. The normalized spacial score (nSPS) is 17.6. The molecule has 132 valence electrons. The summed E-state index contributed by atoms with van der Waals surface area (Å²) in [5, 5.41) is 0. The fourth-order valence-corrected chi connectivity index (χ4v) is 3.58. The largest absolute Gasteiger partial charge is 0.339 e. The van der Waals surface area contributed by atoms with Crippen molar-refractivity contribution in [3.8, 4) is 0 Å². The molecule has 1 atom stereocenters. The van der Waals surface area contributed by atoms with Gasteiger partial charge in [-0.15, -0.1) is 0 Å². The maximum absolute atomic E-state index is 13.0. The lowest BCUT2D eigenvalue weighted by Crippen LogP contribution is -2.39. The van der Waals surface area contributed by atoms with Gasteiger partial charge in [-0.25, -0.2) is 0 Å². The Hall–Kier alpha value is -1.84. The van der Waals surface area contributed by atoms with Crippen LogP contribution >= 0.6 is 0 Å². The molecule has 0 aromatic heterocycles. The van der Waals surface area contributed by atoms with Gasteiger partial charge in [-0.3, -0.25) is 9.59 Å². The topological polar surface area (TPSA) is 40.6 Å². The number of carbonyl (C=O) groups is 2. The number of amides is 2. The molecule has 1 saturated heterocycles. The fraction of sp³-hybridized carbons (Fsp3) is 0.600. The molecular weight excluding hydrogens is 300 g/mol. The summed E-state index contributed by atoms with van der Waals surface area (Å²) in [5.41, 5.74) is 1.14. The molecule has 24 heavy (non-hydrogen) atoms. The lowest BCUT2D eigenvalue weighted by molar-refractivity contribution is -0.136. The van der Waals surface area contributed by atoms with Crippen molar-refractivity contribution in [3.05, 3.63) is 35.9 Å². The summed E-state index contributed by atoms with van der Waals surface area (Å²) in [7, 11) is 0. The molecule has 0 bridgehead atoms. The van der Waals surface area contributed by atoms with Gasteiger partial charge in [0.1, 0.15) is 0 Å². The number of likely N-dealkylation sites (tertiary alicyclic amines) is 1. The standard InChI is InChI=1S/C20H30N2O2/c1-4-12-21(14-16-10-8-7-9-11-16)20(24)17-13-19(23)22(15-17)18(5-2)6-3/h7-11,17-18H,4-6,12-15H2,1-3H3. The Morgan fingerprint density at radius 1 is 1.21 bits per heavy atom. The van der Waals surface area contributed by atoms with Crippen LogP contribution in [-0.4, -0.2) is 40.7 Å². The summed E-state index contributed by atoms with van der Waals surface area (Å²) in [6, 6.07) is 10.3. The third kappa shape index (κ3) is 4.37. The molecule has 0 aliphatic carbocycles. The number of hydrogen-bond acceptors (Lipinski definition) is 2. The SMILES string of the molecule is CCCN(Cc1ccccc1)C(=O)C1CC(=O)N(C(CC)CC)C1. The van der Waals surface area contributed by atoms with E-state index in [1.54, 1.807) is 0 Å². The number of carbonyl (C=O) groups excluding carboxylic acids is 2. The molecule has 1 aromatic rings. The first-order chi connectivity index (χ1) is 11.6. The smallest absolute Gasteiger partial charge is 0.228 e. The average molecular weight is 330 g/mol. The van der Waals surface area contributed by atoms with Gasteiger partial charge in [0.25, 0.3) is 0 Å². The van der Waals surface area contributed by atoms with Crippen molar-refractivity contribution in [2.24, 2.45) is 5.92 Å². The van der Waals surface area contributed by atoms with Crippen LogP contribution in [0.2, 0.25) is 0 Å². The van der Waals surface area contributed by atoms with E-state index in [9.17, 15) is 9.59 Å². The maximum Gasteiger partial charge on any atom is 0.228 e. The number of rotatable bonds is 8. The van der Waals surface area contributed by atoms with Crippen molar-refractivity contribution in [1.29, 1.82) is 0 Å². The highest BCUT2D eigenvalue weighted by Gasteiger charge is 2.38. The Balaban J connectivity index is 2.06. The highest BCUT2D eigenvalue weighted by atomic mass is 16.2. The van der Waals surface area contributed by atoms with E-state index in [4.69, 9.17) is 0 Å². The van der Waals surface area contributed by atoms with Crippen molar-refractivity contribution in [3.63, 3.8) is 0 Å². The fourth-order valence-electron chi connectivity index (χ4n) is 3.58. The van der Waals surface area contributed by atoms with E-state index >= 15 is 0 Å². The van der Waals surface area contributed by atoms with Crippen LogP contribution in [0, 0.1) is 5.92 Å². The van der Waals surface area contributed by atoms with E-state index in [0.29, 0.717) is 19.5 Å². The van der Waals surface area contributed by atoms with Crippen molar-refractivity contribution >= 4 is 11.8 Å². The molecule has 1 aromatic carbocycles. The second-order valence-electron chi connectivity index (χ2n) is 6.66. The van der Waals surface area contributed by atoms with E-state index in [0.717, 1.165) is 31.4 Å². The summed E-state index contributed by atoms with van der Waals surface area (Å²) < 4.78 is 0. The maximum atomic E-state index is 13.0. The molecule has 0 spiro atoms. The van der Waals surface area contributed by atoms with E-state index in [1.807, 2.05) is 40.1 Å².